The molecule has 3 heterocycles. The Bertz CT molecular complexity index is 979. The van der Waals surface area contributed by atoms with Gasteiger partial charge in [0.15, 0.2) is 5.88 Å². The number of urea groups is 1. The Hall–Kier alpha value is -3.35. The lowest BCUT2D eigenvalue weighted by atomic mass is 10.1. The molecule has 2 aromatic rings. The first-order chi connectivity index (χ1) is 13.4. The van der Waals surface area contributed by atoms with E-state index in [1.165, 1.54) is 6.08 Å². The molecule has 2 saturated heterocycles. The lowest BCUT2D eigenvalue weighted by molar-refractivity contribution is -0.122. The smallest absolute Gasteiger partial charge is 0.335 e. The van der Waals surface area contributed by atoms with E-state index in [0.717, 1.165) is 47.8 Å². The van der Waals surface area contributed by atoms with Gasteiger partial charge in [0.05, 0.1) is 5.69 Å². The summed E-state index contributed by atoms with van der Waals surface area (Å²) in [5.41, 5.74) is 2.12. The van der Waals surface area contributed by atoms with Crippen molar-refractivity contribution in [2.75, 3.05) is 22.9 Å². The maximum absolute atomic E-state index is 13.0. The van der Waals surface area contributed by atoms with Gasteiger partial charge in [-0.05, 0) is 62.1 Å². The number of hydrogen-bond donors (Lipinski definition) is 1. The van der Waals surface area contributed by atoms with Crippen molar-refractivity contribution in [1.82, 2.24) is 5.32 Å². The minimum Gasteiger partial charge on any atom is -0.441 e. The van der Waals surface area contributed by atoms with E-state index < -0.39 is 17.8 Å². The molecule has 7 heteroatoms. The first kappa shape index (κ1) is 18.0. The quantitative estimate of drug-likeness (QED) is 0.654. The normalized spacial score (nSPS) is 18.9. The second-order valence-corrected chi connectivity index (χ2v) is 7.17. The van der Waals surface area contributed by atoms with Gasteiger partial charge in [0.25, 0.3) is 11.8 Å². The van der Waals surface area contributed by atoms with E-state index in [1.54, 1.807) is 18.2 Å². The van der Waals surface area contributed by atoms with Crippen LogP contribution in [-0.4, -0.2) is 30.9 Å². The van der Waals surface area contributed by atoms with Crippen LogP contribution in [-0.2, 0) is 9.59 Å². The van der Waals surface area contributed by atoms with Crippen molar-refractivity contribution < 1.29 is 18.8 Å². The van der Waals surface area contributed by atoms with Gasteiger partial charge < -0.3 is 9.32 Å². The molecule has 1 N–H and O–H groups in total. The summed E-state index contributed by atoms with van der Waals surface area (Å²) >= 11 is 0. The summed E-state index contributed by atoms with van der Waals surface area (Å²) in [4.78, 5) is 40.7. The van der Waals surface area contributed by atoms with E-state index in [0.29, 0.717) is 11.4 Å². The lowest BCUT2D eigenvalue weighted by Gasteiger charge is -2.26. The first-order valence-corrected chi connectivity index (χ1v) is 9.27. The Morgan fingerprint density at radius 1 is 1.00 bits per heavy atom. The van der Waals surface area contributed by atoms with Crippen LogP contribution in [0.5, 0.6) is 0 Å². The van der Waals surface area contributed by atoms with Gasteiger partial charge in [-0.1, -0.05) is 6.07 Å². The lowest BCUT2D eigenvalue weighted by Crippen LogP contribution is -2.54. The number of furan rings is 1. The zero-order valence-electron chi connectivity index (χ0n) is 15.8. The van der Waals surface area contributed by atoms with E-state index in [4.69, 9.17) is 4.42 Å². The molecular weight excluding hydrogens is 358 g/mol. The molecular formula is C21H21N3O4. The van der Waals surface area contributed by atoms with Crippen LogP contribution in [0.25, 0.3) is 6.08 Å². The number of nitrogens with zero attached hydrogens (tertiary/aromatic N) is 2. The van der Waals surface area contributed by atoms with Crippen LogP contribution in [0.3, 0.4) is 0 Å². The molecule has 0 unspecified atom stereocenters. The fraction of sp³-hybridized carbons (Fsp3) is 0.286. The number of barbiturate groups is 1. The van der Waals surface area contributed by atoms with Gasteiger partial charge in [0, 0.05) is 19.2 Å². The zero-order valence-corrected chi connectivity index (χ0v) is 15.8. The van der Waals surface area contributed by atoms with E-state index in [-0.39, 0.29) is 5.57 Å². The maximum atomic E-state index is 13.0. The summed E-state index contributed by atoms with van der Waals surface area (Å²) in [6.45, 7) is 5.62. The molecule has 0 aliphatic carbocycles. The third-order valence-corrected chi connectivity index (χ3v) is 4.88. The topological polar surface area (TPSA) is 82.9 Å². The van der Waals surface area contributed by atoms with Crippen LogP contribution >= 0.6 is 0 Å². The van der Waals surface area contributed by atoms with Crippen molar-refractivity contribution >= 4 is 35.5 Å². The van der Waals surface area contributed by atoms with Gasteiger partial charge in [0.2, 0.25) is 0 Å². The van der Waals surface area contributed by atoms with Crippen LogP contribution in [0.15, 0.2) is 40.3 Å². The summed E-state index contributed by atoms with van der Waals surface area (Å²) in [7, 11) is 0. The predicted molar refractivity (Wildman–Crippen MR) is 105 cm³/mol. The molecule has 0 atom stereocenters. The molecule has 2 fully saturated rings. The summed E-state index contributed by atoms with van der Waals surface area (Å²) < 4.78 is 5.79. The Morgan fingerprint density at radius 3 is 2.36 bits per heavy atom. The number of carbonyl (C=O) groups is 3. The van der Waals surface area contributed by atoms with E-state index in [1.807, 2.05) is 26.0 Å². The van der Waals surface area contributed by atoms with Gasteiger partial charge in [-0.15, -0.1) is 0 Å². The number of hydrogen-bond acceptors (Lipinski definition) is 5. The van der Waals surface area contributed by atoms with Gasteiger partial charge >= 0.3 is 6.03 Å². The van der Waals surface area contributed by atoms with Crippen LogP contribution in [0, 0.1) is 13.8 Å². The highest BCUT2D eigenvalue weighted by Crippen LogP contribution is 2.27. The molecule has 1 aromatic heterocycles. The number of rotatable bonds is 3. The van der Waals surface area contributed by atoms with E-state index >= 15 is 0 Å². The molecule has 0 bridgehead atoms. The van der Waals surface area contributed by atoms with E-state index in [2.05, 4.69) is 10.2 Å². The highest BCUT2D eigenvalue weighted by Gasteiger charge is 2.37. The minimum atomic E-state index is -0.755. The van der Waals surface area contributed by atoms with Crippen molar-refractivity contribution in [3.63, 3.8) is 0 Å². The Labute approximate surface area is 162 Å². The molecule has 2 aliphatic rings. The largest absolute Gasteiger partial charge is 0.441 e. The average Bonchev–Trinajstić information content (AvgIpc) is 3.29. The molecule has 0 spiro atoms. The minimum absolute atomic E-state index is 0.138. The highest BCUT2D eigenvalue weighted by atomic mass is 16.4. The molecule has 28 heavy (non-hydrogen) atoms. The number of carbonyl (C=O) groups excluding carboxylic acids is 3. The third-order valence-electron chi connectivity index (χ3n) is 4.88. The highest BCUT2D eigenvalue weighted by molar-refractivity contribution is 6.39. The van der Waals surface area contributed by atoms with Crippen molar-refractivity contribution in [3.05, 3.63) is 52.8 Å². The van der Waals surface area contributed by atoms with Gasteiger partial charge in [-0.3, -0.25) is 14.9 Å². The maximum Gasteiger partial charge on any atom is 0.335 e. The number of anilines is 2. The first-order valence-electron chi connectivity index (χ1n) is 9.27. The van der Waals surface area contributed by atoms with Gasteiger partial charge in [-0.25, -0.2) is 9.69 Å². The average molecular weight is 379 g/mol. The van der Waals surface area contributed by atoms with Crippen molar-refractivity contribution in [2.45, 2.75) is 26.7 Å². The second kappa shape index (κ2) is 6.99. The summed E-state index contributed by atoms with van der Waals surface area (Å²) in [5.74, 6) is -0.280. The molecule has 4 amide bonds. The Morgan fingerprint density at radius 2 is 1.68 bits per heavy atom. The van der Waals surface area contributed by atoms with Gasteiger partial charge in [-0.2, -0.15) is 0 Å². The molecule has 0 saturated carbocycles. The molecule has 4 rings (SSSR count). The monoisotopic (exact) mass is 379 g/mol. The van der Waals surface area contributed by atoms with E-state index in [9.17, 15) is 14.4 Å². The predicted octanol–water partition coefficient (Wildman–Crippen LogP) is 3.16. The molecule has 144 valence electrons. The summed E-state index contributed by atoms with van der Waals surface area (Å²) in [6, 6.07) is 8.20. The third kappa shape index (κ3) is 3.31. The van der Waals surface area contributed by atoms with Crippen LogP contribution in [0.1, 0.15) is 29.7 Å². The number of imide groups is 2. The zero-order chi connectivity index (χ0) is 19.8. The fourth-order valence-corrected chi connectivity index (χ4v) is 3.64. The molecule has 2 aliphatic heterocycles. The number of benzene rings is 1. The molecule has 7 nitrogen and oxygen atoms in total. The standard InChI is InChI=1S/C21H21N3O4/c1-13-9-14(2)11-15(10-13)24-20(26)17(19(25)22-21(24)27)12-16-5-6-18(28-16)23-7-3-4-8-23/h5-6,9-12H,3-4,7-8H2,1-2H3,(H,22,25,27). The number of nitrogens with one attached hydrogen (secondary N) is 1. The van der Waals surface area contributed by atoms with Crippen LogP contribution in [0.4, 0.5) is 16.4 Å². The summed E-state index contributed by atoms with van der Waals surface area (Å²) in [6.07, 6.45) is 3.62. The summed E-state index contributed by atoms with van der Waals surface area (Å²) in [5, 5.41) is 2.24. The van der Waals surface area contributed by atoms with Crippen LogP contribution in [0.2, 0.25) is 0 Å². The van der Waals surface area contributed by atoms with Crippen molar-refractivity contribution in [1.29, 1.82) is 0 Å². The molecule has 1 aromatic carbocycles. The molecule has 0 radical (unpaired) electrons. The fourth-order valence-electron chi connectivity index (χ4n) is 3.64. The Kier molecular flexibility index (Phi) is 4.50. The van der Waals surface area contributed by atoms with Gasteiger partial charge in [0.1, 0.15) is 11.3 Å². The SMILES string of the molecule is Cc1cc(C)cc(N2C(=O)NC(=O)C(=Cc3ccc(N4CCCC4)o3)C2=O)c1. The van der Waals surface area contributed by atoms with Crippen LogP contribution < -0.4 is 15.1 Å². The van der Waals surface area contributed by atoms with Crippen molar-refractivity contribution in [3.8, 4) is 0 Å². The second-order valence-electron chi connectivity index (χ2n) is 7.17. The number of aryl methyl sites for hydroxylation is 2. The number of amides is 4. The Balaban J connectivity index is 1.66. The van der Waals surface area contributed by atoms with Crippen molar-refractivity contribution in [2.24, 2.45) is 0 Å².